The van der Waals surface area contributed by atoms with Crippen molar-refractivity contribution in [1.82, 2.24) is 0 Å². The molecule has 17 heavy (non-hydrogen) atoms. The highest BCUT2D eigenvalue weighted by atomic mass is 19.3. The van der Waals surface area contributed by atoms with Gasteiger partial charge in [-0.25, -0.2) is 4.39 Å². The van der Waals surface area contributed by atoms with Gasteiger partial charge < -0.3 is 20.3 Å². The van der Waals surface area contributed by atoms with Gasteiger partial charge in [-0.3, -0.25) is 0 Å². The Morgan fingerprint density at radius 2 is 2.00 bits per heavy atom. The number of benzene rings is 1. The maximum atomic E-state index is 13.0. The van der Waals surface area contributed by atoms with Crippen LogP contribution in [-0.4, -0.2) is 36.1 Å². The molecule has 1 unspecified atom stereocenters. The molecule has 96 valence electrons. The van der Waals surface area contributed by atoms with Gasteiger partial charge in [0.2, 0.25) is 0 Å². The summed E-state index contributed by atoms with van der Waals surface area (Å²) in [7, 11) is 0. The lowest BCUT2D eigenvalue weighted by atomic mass is 10.2. The van der Waals surface area contributed by atoms with Crippen molar-refractivity contribution in [2.45, 2.75) is 12.7 Å². The third-order valence-corrected chi connectivity index (χ3v) is 1.85. The fraction of sp³-hybridized carbons (Fsp3) is 0.400. The van der Waals surface area contributed by atoms with E-state index in [4.69, 9.17) is 10.2 Å². The molecule has 0 amide bonds. The molecule has 0 bridgehead atoms. The van der Waals surface area contributed by atoms with Gasteiger partial charge in [-0.15, -0.1) is 0 Å². The Morgan fingerprint density at radius 1 is 1.29 bits per heavy atom. The van der Waals surface area contributed by atoms with Crippen molar-refractivity contribution >= 4 is 5.69 Å². The van der Waals surface area contributed by atoms with Crippen LogP contribution in [0.4, 0.5) is 18.9 Å². The Hall–Kier alpha value is -1.47. The smallest absolute Gasteiger partial charge is 0.387 e. The van der Waals surface area contributed by atoms with Crippen molar-refractivity contribution in [1.29, 1.82) is 0 Å². The van der Waals surface area contributed by atoms with E-state index in [1.54, 1.807) is 0 Å². The Balaban J connectivity index is 2.68. The number of aliphatic hydroxyl groups excluding tert-OH is 2. The van der Waals surface area contributed by atoms with Gasteiger partial charge >= 0.3 is 6.61 Å². The predicted molar refractivity (Wildman–Crippen MR) is 54.6 cm³/mol. The van der Waals surface area contributed by atoms with Crippen LogP contribution >= 0.6 is 0 Å². The molecule has 7 heteroatoms. The van der Waals surface area contributed by atoms with E-state index in [2.05, 4.69) is 10.1 Å². The first-order valence-electron chi connectivity index (χ1n) is 4.79. The SMILES string of the molecule is OCC(O)CNc1cc(F)cc(OC(F)F)c1. The van der Waals surface area contributed by atoms with E-state index in [0.717, 1.165) is 12.1 Å². The molecule has 1 atom stereocenters. The molecule has 0 fully saturated rings. The highest BCUT2D eigenvalue weighted by molar-refractivity contribution is 5.48. The molecule has 0 saturated heterocycles. The summed E-state index contributed by atoms with van der Waals surface area (Å²) in [6.07, 6.45) is -1.02. The lowest BCUT2D eigenvalue weighted by molar-refractivity contribution is -0.0499. The van der Waals surface area contributed by atoms with Crippen LogP contribution in [0.25, 0.3) is 0 Å². The van der Waals surface area contributed by atoms with E-state index < -0.39 is 25.1 Å². The summed E-state index contributed by atoms with van der Waals surface area (Å²) in [5.41, 5.74) is 0.174. The number of ether oxygens (including phenoxy) is 1. The monoisotopic (exact) mass is 251 g/mol. The minimum atomic E-state index is -3.03. The highest BCUT2D eigenvalue weighted by Gasteiger charge is 2.08. The molecule has 0 aromatic heterocycles. The number of aliphatic hydroxyl groups is 2. The first-order valence-corrected chi connectivity index (χ1v) is 4.79. The van der Waals surface area contributed by atoms with Crippen LogP contribution in [0.2, 0.25) is 0 Å². The van der Waals surface area contributed by atoms with Crippen LogP contribution in [0, 0.1) is 5.82 Å². The molecule has 0 aliphatic carbocycles. The van der Waals surface area contributed by atoms with Crippen molar-refractivity contribution in [3.63, 3.8) is 0 Å². The first-order chi connectivity index (χ1) is 8.01. The second-order valence-corrected chi connectivity index (χ2v) is 3.27. The van der Waals surface area contributed by atoms with Gasteiger partial charge in [0.25, 0.3) is 0 Å². The van der Waals surface area contributed by atoms with Crippen molar-refractivity contribution in [2.75, 3.05) is 18.5 Å². The van der Waals surface area contributed by atoms with Crippen molar-refractivity contribution < 1.29 is 28.1 Å². The minimum Gasteiger partial charge on any atom is -0.435 e. The van der Waals surface area contributed by atoms with Gasteiger partial charge in [0.05, 0.1) is 12.7 Å². The lowest BCUT2D eigenvalue weighted by Gasteiger charge is -2.12. The number of hydrogen-bond acceptors (Lipinski definition) is 4. The normalized spacial score (nSPS) is 12.6. The van der Waals surface area contributed by atoms with Crippen molar-refractivity contribution in [3.05, 3.63) is 24.0 Å². The quantitative estimate of drug-likeness (QED) is 0.710. The zero-order valence-electron chi connectivity index (χ0n) is 8.74. The molecule has 1 aromatic rings. The third kappa shape index (κ3) is 4.92. The van der Waals surface area contributed by atoms with Crippen LogP contribution < -0.4 is 10.1 Å². The van der Waals surface area contributed by atoms with Crippen molar-refractivity contribution in [3.8, 4) is 5.75 Å². The second-order valence-electron chi connectivity index (χ2n) is 3.27. The summed E-state index contributed by atoms with van der Waals surface area (Å²) in [4.78, 5) is 0. The Bertz CT molecular complexity index is 363. The number of halogens is 3. The van der Waals surface area contributed by atoms with Crippen LogP contribution in [0.5, 0.6) is 5.75 Å². The third-order valence-electron chi connectivity index (χ3n) is 1.85. The Labute approximate surface area is 95.6 Å². The van der Waals surface area contributed by atoms with E-state index in [0.29, 0.717) is 0 Å². The average Bonchev–Trinajstić information content (AvgIpc) is 2.24. The van der Waals surface area contributed by atoms with E-state index in [1.165, 1.54) is 6.07 Å². The lowest BCUT2D eigenvalue weighted by Crippen LogP contribution is -2.23. The van der Waals surface area contributed by atoms with Crippen LogP contribution in [-0.2, 0) is 0 Å². The standard InChI is InChI=1S/C10H12F3NO3/c11-6-1-7(14-4-8(16)5-15)3-9(2-6)17-10(12)13/h1-3,8,10,14-16H,4-5H2. The number of alkyl halides is 2. The van der Waals surface area contributed by atoms with Gasteiger partial charge in [0.1, 0.15) is 11.6 Å². The maximum Gasteiger partial charge on any atom is 0.387 e. The summed E-state index contributed by atoms with van der Waals surface area (Å²) in [5, 5.41) is 20.2. The highest BCUT2D eigenvalue weighted by Crippen LogP contribution is 2.21. The summed E-state index contributed by atoms with van der Waals surface area (Å²) < 4.78 is 40.9. The van der Waals surface area contributed by atoms with Crippen LogP contribution in [0.3, 0.4) is 0 Å². The van der Waals surface area contributed by atoms with Crippen LogP contribution in [0.15, 0.2) is 18.2 Å². The Kier molecular flexibility index (Phi) is 5.05. The van der Waals surface area contributed by atoms with Crippen LogP contribution in [0.1, 0.15) is 0 Å². The van der Waals surface area contributed by atoms with Gasteiger partial charge in [0.15, 0.2) is 0 Å². The first kappa shape index (κ1) is 13.6. The predicted octanol–water partition coefficient (Wildman–Crippen LogP) is 1.19. The van der Waals surface area contributed by atoms with E-state index in [9.17, 15) is 13.2 Å². The number of anilines is 1. The molecule has 1 aromatic carbocycles. The summed E-state index contributed by atoms with van der Waals surface area (Å²) in [5.74, 6) is -1.06. The number of rotatable bonds is 6. The molecule has 0 heterocycles. The second kappa shape index (κ2) is 6.31. The zero-order valence-corrected chi connectivity index (χ0v) is 8.74. The molecule has 4 nitrogen and oxygen atoms in total. The Morgan fingerprint density at radius 3 is 2.59 bits per heavy atom. The molecule has 0 aliphatic heterocycles. The average molecular weight is 251 g/mol. The molecular weight excluding hydrogens is 239 g/mol. The van der Waals surface area contributed by atoms with E-state index in [1.807, 2.05) is 0 Å². The van der Waals surface area contributed by atoms with E-state index in [-0.39, 0.29) is 18.0 Å². The maximum absolute atomic E-state index is 13.0. The molecule has 0 aliphatic rings. The van der Waals surface area contributed by atoms with Crippen molar-refractivity contribution in [2.24, 2.45) is 0 Å². The van der Waals surface area contributed by atoms with E-state index >= 15 is 0 Å². The number of hydrogen-bond donors (Lipinski definition) is 3. The fourth-order valence-corrected chi connectivity index (χ4v) is 1.14. The van der Waals surface area contributed by atoms with Gasteiger partial charge in [-0.05, 0) is 6.07 Å². The molecule has 0 saturated carbocycles. The topological polar surface area (TPSA) is 61.7 Å². The zero-order chi connectivity index (χ0) is 12.8. The number of nitrogens with one attached hydrogen (secondary N) is 1. The fourth-order valence-electron chi connectivity index (χ4n) is 1.14. The van der Waals surface area contributed by atoms with Gasteiger partial charge in [0, 0.05) is 24.4 Å². The molecule has 0 radical (unpaired) electrons. The largest absolute Gasteiger partial charge is 0.435 e. The minimum absolute atomic E-state index is 0.0337. The van der Waals surface area contributed by atoms with Gasteiger partial charge in [-0.2, -0.15) is 8.78 Å². The summed E-state index contributed by atoms with van der Waals surface area (Å²) in [6.45, 7) is -3.52. The summed E-state index contributed by atoms with van der Waals surface area (Å²) >= 11 is 0. The molecular formula is C10H12F3NO3. The molecule has 1 rings (SSSR count). The molecule has 3 N–H and O–H groups in total. The molecule has 0 spiro atoms. The summed E-state index contributed by atoms with van der Waals surface area (Å²) in [6, 6.07) is 3.04. The van der Waals surface area contributed by atoms with Gasteiger partial charge in [-0.1, -0.05) is 0 Å².